The minimum atomic E-state index is -0.869. The summed E-state index contributed by atoms with van der Waals surface area (Å²) in [6.07, 6.45) is 10.1. The van der Waals surface area contributed by atoms with Crippen LogP contribution in [0.5, 0.6) is 0 Å². The van der Waals surface area contributed by atoms with Crippen LogP contribution >= 0.6 is 0 Å². The van der Waals surface area contributed by atoms with Crippen LogP contribution in [0, 0.1) is 16.7 Å². The number of aliphatic carboxylic acids is 1. The standard InChI is InChI=1S/C20H21N5O2.Na/c21-9-8-19-2-5-20(6-3-19,7-4-19)25-15(11-16(26)27)24-14-12-23-18-13(17(14)25)1-10-22-18;/h1,10,12H,2-8,11H2,(H,22,23)(H,26,27);/q;+1. The Morgan fingerprint density at radius 1 is 1.29 bits per heavy atom. The molecule has 2 bridgehead atoms. The topological polar surface area (TPSA) is 108 Å². The smallest absolute Gasteiger partial charge is 0.481 e. The van der Waals surface area contributed by atoms with E-state index in [0.29, 0.717) is 12.2 Å². The molecule has 0 atom stereocenters. The van der Waals surface area contributed by atoms with Crippen molar-refractivity contribution in [1.82, 2.24) is 19.5 Å². The Morgan fingerprint density at radius 3 is 2.64 bits per heavy atom. The van der Waals surface area contributed by atoms with Gasteiger partial charge in [-0.1, -0.05) is 0 Å². The Bertz CT molecular complexity index is 1080. The van der Waals surface area contributed by atoms with Gasteiger partial charge in [-0.15, -0.1) is 0 Å². The summed E-state index contributed by atoms with van der Waals surface area (Å²) in [5.74, 6) is -0.255. The minimum Gasteiger partial charge on any atom is -0.481 e. The molecule has 2 N–H and O–H groups in total. The number of rotatable bonds is 4. The zero-order chi connectivity index (χ0) is 18.6. The number of hydrogen-bond acceptors (Lipinski definition) is 4. The molecule has 28 heavy (non-hydrogen) atoms. The maximum absolute atomic E-state index is 11.5. The predicted molar refractivity (Wildman–Crippen MR) is 99.1 cm³/mol. The first kappa shape index (κ1) is 19.4. The third kappa shape index (κ3) is 2.78. The molecule has 0 unspecified atom stereocenters. The number of aromatic amines is 1. The molecule has 3 aliphatic rings. The van der Waals surface area contributed by atoms with E-state index < -0.39 is 5.97 Å². The molecule has 0 saturated heterocycles. The van der Waals surface area contributed by atoms with Crippen LogP contribution in [-0.2, 0) is 16.8 Å². The number of carboxylic acids is 1. The average Bonchev–Trinajstić information content (AvgIpc) is 3.26. The van der Waals surface area contributed by atoms with Crippen molar-refractivity contribution < 1.29 is 39.5 Å². The third-order valence-electron chi connectivity index (χ3n) is 6.87. The van der Waals surface area contributed by atoms with Crippen LogP contribution in [0.15, 0.2) is 18.5 Å². The van der Waals surface area contributed by atoms with Crippen molar-refractivity contribution >= 4 is 28.0 Å². The van der Waals surface area contributed by atoms with E-state index in [1.807, 2.05) is 12.3 Å². The Kier molecular flexibility index (Phi) is 4.77. The fourth-order valence-corrected chi connectivity index (χ4v) is 5.39. The summed E-state index contributed by atoms with van der Waals surface area (Å²) >= 11 is 0. The number of nitrogens with zero attached hydrogens (tertiary/aromatic N) is 4. The summed E-state index contributed by atoms with van der Waals surface area (Å²) in [6, 6.07) is 4.38. The van der Waals surface area contributed by atoms with Crippen molar-refractivity contribution in [3.63, 3.8) is 0 Å². The van der Waals surface area contributed by atoms with Gasteiger partial charge >= 0.3 is 35.5 Å². The number of fused-ring (bicyclic) bond motifs is 6. The molecular formula is C20H21N5NaO2+. The van der Waals surface area contributed by atoms with Gasteiger partial charge in [-0.2, -0.15) is 5.26 Å². The van der Waals surface area contributed by atoms with Crippen LogP contribution in [0.4, 0.5) is 0 Å². The van der Waals surface area contributed by atoms with Crippen LogP contribution in [0.2, 0.25) is 0 Å². The number of H-pyrrole nitrogens is 1. The number of pyridine rings is 1. The summed E-state index contributed by atoms with van der Waals surface area (Å²) in [5, 5.41) is 19.7. The molecule has 0 aromatic carbocycles. The van der Waals surface area contributed by atoms with Crippen LogP contribution < -0.4 is 29.6 Å². The third-order valence-corrected chi connectivity index (χ3v) is 6.87. The van der Waals surface area contributed by atoms with Crippen LogP contribution in [0.1, 0.15) is 50.8 Å². The molecule has 0 radical (unpaired) electrons. The van der Waals surface area contributed by atoms with Gasteiger partial charge in [0.1, 0.15) is 23.4 Å². The van der Waals surface area contributed by atoms with Gasteiger partial charge in [0.05, 0.1) is 17.8 Å². The predicted octanol–water partition coefficient (Wildman–Crippen LogP) is 0.507. The van der Waals surface area contributed by atoms with Gasteiger partial charge in [-0.25, -0.2) is 9.97 Å². The second-order valence-corrected chi connectivity index (χ2v) is 8.23. The van der Waals surface area contributed by atoms with Gasteiger partial charge < -0.3 is 14.7 Å². The van der Waals surface area contributed by atoms with Crippen molar-refractivity contribution in [3.8, 4) is 6.07 Å². The number of imidazole rings is 1. The second-order valence-electron chi connectivity index (χ2n) is 8.23. The number of carbonyl (C=O) groups is 1. The van der Waals surface area contributed by atoms with Gasteiger partial charge in [-0.05, 0) is 50.0 Å². The molecule has 3 saturated carbocycles. The van der Waals surface area contributed by atoms with E-state index in [-0.39, 0.29) is 46.9 Å². The van der Waals surface area contributed by atoms with E-state index in [9.17, 15) is 15.2 Å². The van der Waals surface area contributed by atoms with E-state index in [4.69, 9.17) is 0 Å². The summed E-state index contributed by atoms with van der Waals surface area (Å²) in [5.41, 5.74) is 2.60. The first-order chi connectivity index (χ1) is 13.1. The van der Waals surface area contributed by atoms with Crippen molar-refractivity contribution in [2.24, 2.45) is 5.41 Å². The van der Waals surface area contributed by atoms with E-state index >= 15 is 0 Å². The van der Waals surface area contributed by atoms with E-state index in [0.717, 1.165) is 60.6 Å². The van der Waals surface area contributed by atoms with Crippen molar-refractivity contribution in [1.29, 1.82) is 5.26 Å². The molecule has 3 aliphatic carbocycles. The number of nitrogens with one attached hydrogen (secondary N) is 1. The maximum Gasteiger partial charge on any atom is 1.00 e. The molecule has 0 amide bonds. The second kappa shape index (κ2) is 6.87. The minimum absolute atomic E-state index is 0. The van der Waals surface area contributed by atoms with Gasteiger partial charge in [0.2, 0.25) is 0 Å². The molecule has 6 rings (SSSR count). The molecule has 0 spiro atoms. The van der Waals surface area contributed by atoms with Gasteiger partial charge in [0.25, 0.3) is 0 Å². The van der Waals surface area contributed by atoms with E-state index in [2.05, 4.69) is 25.6 Å². The molecular weight excluding hydrogens is 365 g/mol. The number of nitriles is 1. The number of carboxylic acid groups (broad SMARTS) is 1. The summed E-state index contributed by atoms with van der Waals surface area (Å²) in [4.78, 5) is 23.8. The van der Waals surface area contributed by atoms with E-state index in [1.54, 1.807) is 6.20 Å². The largest absolute Gasteiger partial charge is 1.00 e. The van der Waals surface area contributed by atoms with Crippen LogP contribution in [0.25, 0.3) is 22.1 Å². The number of hydrogen-bond donors (Lipinski definition) is 2. The Hall–Kier alpha value is -1.88. The Morgan fingerprint density at radius 2 is 2.00 bits per heavy atom. The van der Waals surface area contributed by atoms with Gasteiger partial charge in [0, 0.05) is 23.5 Å². The molecule has 3 fully saturated rings. The first-order valence-electron chi connectivity index (χ1n) is 9.49. The summed E-state index contributed by atoms with van der Waals surface area (Å²) < 4.78 is 2.23. The molecule has 0 aliphatic heterocycles. The van der Waals surface area contributed by atoms with Gasteiger partial charge in [-0.3, -0.25) is 4.79 Å². The molecule has 7 nitrogen and oxygen atoms in total. The fraction of sp³-hybridized carbons (Fsp3) is 0.500. The van der Waals surface area contributed by atoms with Crippen molar-refractivity contribution in [2.75, 3.05) is 0 Å². The fourth-order valence-electron chi connectivity index (χ4n) is 5.39. The van der Waals surface area contributed by atoms with Crippen molar-refractivity contribution in [2.45, 2.75) is 56.9 Å². The monoisotopic (exact) mass is 386 g/mol. The van der Waals surface area contributed by atoms with Crippen LogP contribution in [-0.4, -0.2) is 30.6 Å². The molecule has 138 valence electrons. The first-order valence-corrected chi connectivity index (χ1v) is 9.49. The number of aromatic nitrogens is 4. The SMILES string of the molecule is N#CCC12CCC(n3c(CC(=O)O)nc4cnc5[nH]ccc5c43)(CC1)CC2.[Na+]. The average molecular weight is 386 g/mol. The molecule has 3 aromatic heterocycles. The Labute approximate surface area is 184 Å². The quantitative estimate of drug-likeness (QED) is 0.635. The molecule has 3 heterocycles. The van der Waals surface area contributed by atoms with Gasteiger partial charge in [0.15, 0.2) is 0 Å². The van der Waals surface area contributed by atoms with E-state index in [1.165, 1.54) is 0 Å². The van der Waals surface area contributed by atoms with Crippen molar-refractivity contribution in [3.05, 3.63) is 24.3 Å². The normalized spacial score (nSPS) is 26.2. The maximum atomic E-state index is 11.5. The summed E-state index contributed by atoms with van der Waals surface area (Å²) in [7, 11) is 0. The molecule has 8 heteroatoms. The zero-order valence-electron chi connectivity index (χ0n) is 16.0. The summed E-state index contributed by atoms with van der Waals surface area (Å²) in [6.45, 7) is 0. The van der Waals surface area contributed by atoms with Crippen LogP contribution in [0.3, 0.4) is 0 Å². The zero-order valence-corrected chi connectivity index (χ0v) is 18.0. The molecule has 3 aromatic rings. The Balaban J connectivity index is 0.00000192.